The van der Waals surface area contributed by atoms with Gasteiger partial charge in [-0.2, -0.15) is 0 Å². The van der Waals surface area contributed by atoms with E-state index in [0.717, 1.165) is 12.5 Å². The fraction of sp³-hybridized carbons (Fsp3) is 0.545. The molecule has 0 amide bonds. The van der Waals surface area contributed by atoms with E-state index in [1.54, 1.807) is 0 Å². The number of rotatable bonds is 2. The van der Waals surface area contributed by atoms with E-state index >= 15 is 0 Å². The Labute approximate surface area is 79.4 Å². The van der Waals surface area contributed by atoms with Crippen LogP contribution in [0.25, 0.3) is 0 Å². The van der Waals surface area contributed by atoms with Gasteiger partial charge < -0.3 is 5.32 Å². The Morgan fingerprint density at radius 3 is 3.23 bits per heavy atom. The maximum atomic E-state index is 4.38. The van der Waals surface area contributed by atoms with Gasteiger partial charge >= 0.3 is 0 Å². The smallest absolute Gasteiger partial charge is 0.0917 e. The van der Waals surface area contributed by atoms with Gasteiger partial charge in [-0.15, -0.1) is 0 Å². The molecule has 0 bridgehead atoms. The second-order valence-electron chi connectivity index (χ2n) is 3.96. The molecule has 70 valence electrons. The van der Waals surface area contributed by atoms with Crippen LogP contribution in [-0.4, -0.2) is 17.6 Å². The van der Waals surface area contributed by atoms with E-state index < -0.39 is 0 Å². The molecule has 1 aliphatic rings. The number of nitrogens with zero attached hydrogens (tertiary/aromatic N) is 1. The summed E-state index contributed by atoms with van der Waals surface area (Å²) in [5.74, 6) is 0. The largest absolute Gasteiger partial charge is 0.343 e. The molecule has 1 atom stereocenters. The van der Waals surface area contributed by atoms with Gasteiger partial charge in [0.05, 0.1) is 12.6 Å². The van der Waals surface area contributed by atoms with Gasteiger partial charge in [0.15, 0.2) is 0 Å². The molecule has 13 heavy (non-hydrogen) atoms. The van der Waals surface area contributed by atoms with Gasteiger partial charge in [0.25, 0.3) is 0 Å². The molecule has 1 aromatic rings. The summed E-state index contributed by atoms with van der Waals surface area (Å²) in [4.78, 5) is 4.38. The molecule has 2 N–H and O–H groups in total. The minimum Gasteiger partial charge on any atom is -0.343 e. The van der Waals surface area contributed by atoms with Crippen LogP contribution in [0.4, 0.5) is 0 Å². The van der Waals surface area contributed by atoms with E-state index in [1.165, 1.54) is 30.6 Å². The summed E-state index contributed by atoms with van der Waals surface area (Å²) in [7, 11) is 0. The van der Waals surface area contributed by atoms with E-state index in [4.69, 9.17) is 0 Å². The number of aryl methyl sites for hydroxylation is 1. The van der Waals surface area contributed by atoms with Gasteiger partial charge in [0.1, 0.15) is 0 Å². The highest BCUT2D eigenvalue weighted by atomic mass is 14.9. The van der Waals surface area contributed by atoms with Crippen LogP contribution in [0, 0.1) is 6.92 Å². The lowest BCUT2D eigenvalue weighted by Gasteiger charge is -2.06. The van der Waals surface area contributed by atoms with Crippen molar-refractivity contribution >= 4 is 0 Å². The lowest BCUT2D eigenvalue weighted by atomic mass is 10.1. The third kappa shape index (κ3) is 2.28. The molecule has 2 rings (SSSR count). The zero-order chi connectivity index (χ0) is 9.10. The standard InChI is InChI=1S/C11H16N2/c1-9-4-6-13-11(7-9)8-10-3-2-5-12-10/h4,6-7,10,12H,2-3,5,8H2,1H3/p+1/t10-/m0/s1. The highest BCUT2D eigenvalue weighted by molar-refractivity contribution is 5.14. The summed E-state index contributed by atoms with van der Waals surface area (Å²) in [6.07, 6.45) is 5.79. The minimum absolute atomic E-state index is 0.786. The van der Waals surface area contributed by atoms with Crippen molar-refractivity contribution in [2.45, 2.75) is 32.2 Å². The lowest BCUT2D eigenvalue weighted by molar-refractivity contribution is -0.669. The molecule has 1 aromatic heterocycles. The summed E-state index contributed by atoms with van der Waals surface area (Å²) in [5, 5.41) is 2.45. The van der Waals surface area contributed by atoms with Gasteiger partial charge in [-0.25, -0.2) is 0 Å². The molecular formula is C11H17N2+. The first-order valence-corrected chi connectivity index (χ1v) is 5.09. The number of hydrogen-bond acceptors (Lipinski definition) is 1. The number of nitrogens with two attached hydrogens (primary N) is 1. The van der Waals surface area contributed by atoms with Crippen molar-refractivity contribution in [1.82, 2.24) is 4.98 Å². The second kappa shape index (κ2) is 3.88. The highest BCUT2D eigenvalue weighted by Gasteiger charge is 2.18. The Morgan fingerprint density at radius 1 is 1.62 bits per heavy atom. The molecule has 1 aliphatic heterocycles. The summed E-state index contributed by atoms with van der Waals surface area (Å²) < 4.78 is 0. The van der Waals surface area contributed by atoms with Crippen molar-refractivity contribution in [2.24, 2.45) is 0 Å². The lowest BCUT2D eigenvalue weighted by Crippen LogP contribution is -2.87. The third-order valence-corrected chi connectivity index (χ3v) is 2.72. The zero-order valence-corrected chi connectivity index (χ0v) is 8.16. The van der Waals surface area contributed by atoms with Crippen molar-refractivity contribution in [1.29, 1.82) is 0 Å². The van der Waals surface area contributed by atoms with Crippen molar-refractivity contribution in [3.05, 3.63) is 29.6 Å². The van der Waals surface area contributed by atoms with E-state index in [1.807, 2.05) is 6.20 Å². The van der Waals surface area contributed by atoms with Gasteiger partial charge in [0.2, 0.25) is 0 Å². The van der Waals surface area contributed by atoms with Gasteiger partial charge in [-0.3, -0.25) is 4.98 Å². The fourth-order valence-electron chi connectivity index (χ4n) is 2.02. The quantitative estimate of drug-likeness (QED) is 0.706. The highest BCUT2D eigenvalue weighted by Crippen LogP contribution is 2.06. The topological polar surface area (TPSA) is 29.5 Å². The monoisotopic (exact) mass is 177 g/mol. The van der Waals surface area contributed by atoms with Crippen LogP contribution in [-0.2, 0) is 6.42 Å². The summed E-state index contributed by atoms with van der Waals surface area (Å²) in [6, 6.07) is 5.04. The van der Waals surface area contributed by atoms with Crippen LogP contribution >= 0.6 is 0 Å². The first kappa shape index (κ1) is 8.70. The molecule has 2 heteroatoms. The van der Waals surface area contributed by atoms with Crippen LogP contribution < -0.4 is 5.32 Å². The van der Waals surface area contributed by atoms with E-state index in [2.05, 4.69) is 29.4 Å². The van der Waals surface area contributed by atoms with Crippen molar-refractivity contribution < 1.29 is 5.32 Å². The van der Waals surface area contributed by atoms with Crippen LogP contribution in [0.5, 0.6) is 0 Å². The van der Waals surface area contributed by atoms with E-state index in [0.29, 0.717) is 0 Å². The Balaban J connectivity index is 2.00. The maximum absolute atomic E-state index is 4.38. The van der Waals surface area contributed by atoms with Crippen LogP contribution in [0.2, 0.25) is 0 Å². The van der Waals surface area contributed by atoms with Crippen LogP contribution in [0.15, 0.2) is 18.3 Å². The van der Waals surface area contributed by atoms with E-state index in [9.17, 15) is 0 Å². The Hall–Kier alpha value is -0.890. The second-order valence-corrected chi connectivity index (χ2v) is 3.96. The van der Waals surface area contributed by atoms with Gasteiger partial charge in [-0.1, -0.05) is 0 Å². The third-order valence-electron chi connectivity index (χ3n) is 2.72. The molecule has 2 nitrogen and oxygen atoms in total. The molecule has 1 saturated heterocycles. The molecule has 2 heterocycles. The van der Waals surface area contributed by atoms with Gasteiger partial charge in [0, 0.05) is 31.2 Å². The predicted octanol–water partition coefficient (Wildman–Crippen LogP) is 0.658. The number of hydrogen-bond donors (Lipinski definition) is 1. The SMILES string of the molecule is Cc1ccnc(C[C@@H]2CCC[NH2+]2)c1. The fourth-order valence-corrected chi connectivity index (χ4v) is 2.02. The molecular weight excluding hydrogens is 160 g/mol. The Morgan fingerprint density at radius 2 is 2.54 bits per heavy atom. The molecule has 1 fully saturated rings. The van der Waals surface area contributed by atoms with Crippen LogP contribution in [0.1, 0.15) is 24.1 Å². The molecule has 0 unspecified atom stereocenters. The summed E-state index contributed by atoms with van der Waals surface area (Å²) in [5.41, 5.74) is 2.58. The van der Waals surface area contributed by atoms with Gasteiger partial charge in [-0.05, 0) is 24.6 Å². The van der Waals surface area contributed by atoms with Crippen molar-refractivity contribution in [2.75, 3.05) is 6.54 Å². The average molecular weight is 177 g/mol. The Kier molecular flexibility index (Phi) is 2.60. The summed E-state index contributed by atoms with van der Waals surface area (Å²) in [6.45, 7) is 3.43. The minimum atomic E-state index is 0.786. The Bertz CT molecular complexity index is 277. The molecule has 0 radical (unpaired) electrons. The summed E-state index contributed by atoms with van der Waals surface area (Å²) >= 11 is 0. The number of pyridine rings is 1. The number of aromatic nitrogens is 1. The first-order chi connectivity index (χ1) is 6.34. The molecule has 0 aliphatic carbocycles. The molecule has 0 aromatic carbocycles. The molecule has 0 saturated carbocycles. The average Bonchev–Trinajstić information content (AvgIpc) is 2.57. The maximum Gasteiger partial charge on any atom is 0.0917 e. The molecule has 0 spiro atoms. The number of quaternary nitrogens is 1. The predicted molar refractivity (Wildman–Crippen MR) is 52.5 cm³/mol. The van der Waals surface area contributed by atoms with Crippen molar-refractivity contribution in [3.63, 3.8) is 0 Å². The van der Waals surface area contributed by atoms with Crippen LogP contribution in [0.3, 0.4) is 0 Å². The normalized spacial score (nSPS) is 22.1. The first-order valence-electron chi connectivity index (χ1n) is 5.09. The van der Waals surface area contributed by atoms with E-state index in [-0.39, 0.29) is 0 Å². The zero-order valence-electron chi connectivity index (χ0n) is 8.16. The van der Waals surface area contributed by atoms with Crippen molar-refractivity contribution in [3.8, 4) is 0 Å².